The number of benzene rings is 1. The Morgan fingerprint density at radius 2 is 2.10 bits per heavy atom. The molecule has 112 valence electrons. The zero-order valence-electron chi connectivity index (χ0n) is 12.5. The molecule has 0 amide bonds. The first-order valence-corrected chi connectivity index (χ1v) is 8.53. The first-order chi connectivity index (χ1) is 9.52. The van der Waals surface area contributed by atoms with Gasteiger partial charge in [0, 0.05) is 17.1 Å². The van der Waals surface area contributed by atoms with Crippen molar-refractivity contribution >= 4 is 15.9 Å². The Bertz CT molecular complexity index is 427. The summed E-state index contributed by atoms with van der Waals surface area (Å²) in [6, 6.07) is 8.62. The van der Waals surface area contributed by atoms with Crippen LogP contribution in [0.5, 0.6) is 0 Å². The van der Waals surface area contributed by atoms with Crippen LogP contribution in [0.2, 0.25) is 0 Å². The maximum Gasteiger partial charge on any atom is 0.0772 e. The molecule has 1 saturated carbocycles. The summed E-state index contributed by atoms with van der Waals surface area (Å²) < 4.78 is 1.10. The number of nitrogens with one attached hydrogen (secondary N) is 1. The van der Waals surface area contributed by atoms with Gasteiger partial charge in [-0.3, -0.25) is 0 Å². The first-order valence-electron chi connectivity index (χ1n) is 7.73. The predicted molar refractivity (Wildman–Crippen MR) is 87.8 cm³/mol. The molecule has 1 aromatic rings. The molecule has 3 heteroatoms. The van der Waals surface area contributed by atoms with Crippen molar-refractivity contribution in [3.05, 3.63) is 34.3 Å². The van der Waals surface area contributed by atoms with Gasteiger partial charge in [-0.25, -0.2) is 0 Å². The molecule has 0 aromatic heterocycles. The van der Waals surface area contributed by atoms with Gasteiger partial charge in [0.05, 0.1) is 5.60 Å². The van der Waals surface area contributed by atoms with Crippen molar-refractivity contribution in [3.8, 4) is 0 Å². The van der Waals surface area contributed by atoms with Crippen LogP contribution in [0.25, 0.3) is 0 Å². The molecule has 2 nitrogen and oxygen atoms in total. The largest absolute Gasteiger partial charge is 0.389 e. The maximum absolute atomic E-state index is 10.7. The van der Waals surface area contributed by atoms with Crippen molar-refractivity contribution in [1.29, 1.82) is 0 Å². The van der Waals surface area contributed by atoms with Crippen molar-refractivity contribution in [2.24, 2.45) is 5.92 Å². The summed E-state index contributed by atoms with van der Waals surface area (Å²) in [6.07, 6.45) is 5.45. The van der Waals surface area contributed by atoms with Gasteiger partial charge in [-0.2, -0.15) is 0 Å². The number of halogens is 1. The highest BCUT2D eigenvalue weighted by atomic mass is 79.9. The van der Waals surface area contributed by atoms with Crippen LogP contribution in [0.15, 0.2) is 28.7 Å². The van der Waals surface area contributed by atoms with Gasteiger partial charge in [0.2, 0.25) is 0 Å². The van der Waals surface area contributed by atoms with Crippen LogP contribution in [-0.2, 0) is 0 Å². The molecule has 2 rings (SSSR count). The molecule has 0 saturated heterocycles. The fourth-order valence-corrected chi connectivity index (χ4v) is 3.45. The van der Waals surface area contributed by atoms with E-state index in [9.17, 15) is 5.11 Å². The molecule has 1 aromatic carbocycles. The second-order valence-corrected chi connectivity index (χ2v) is 7.15. The van der Waals surface area contributed by atoms with E-state index >= 15 is 0 Å². The predicted octanol–water partition coefficient (Wildman–Crippen LogP) is 4.43. The van der Waals surface area contributed by atoms with Crippen LogP contribution in [-0.4, -0.2) is 17.3 Å². The first kappa shape index (κ1) is 16.0. The molecule has 0 heterocycles. The van der Waals surface area contributed by atoms with Crippen LogP contribution < -0.4 is 5.32 Å². The standard InChI is InChI=1S/C17H26BrNO/c1-3-14-7-9-17(20,10-8-14)12-19-13(2)15-5-4-6-16(18)11-15/h4-6,11,13-14,19-20H,3,7-10,12H2,1-2H3. The van der Waals surface area contributed by atoms with E-state index in [1.54, 1.807) is 0 Å². The number of rotatable bonds is 5. The highest BCUT2D eigenvalue weighted by Gasteiger charge is 2.32. The van der Waals surface area contributed by atoms with Gasteiger partial charge in [0.25, 0.3) is 0 Å². The van der Waals surface area contributed by atoms with Gasteiger partial charge < -0.3 is 10.4 Å². The lowest BCUT2D eigenvalue weighted by Gasteiger charge is -2.36. The molecule has 1 aliphatic carbocycles. The van der Waals surface area contributed by atoms with Crippen LogP contribution in [0.4, 0.5) is 0 Å². The monoisotopic (exact) mass is 339 g/mol. The second-order valence-electron chi connectivity index (χ2n) is 6.23. The zero-order valence-corrected chi connectivity index (χ0v) is 14.1. The Labute approximate surface area is 131 Å². The number of hydrogen-bond donors (Lipinski definition) is 2. The van der Waals surface area contributed by atoms with E-state index in [4.69, 9.17) is 0 Å². The molecule has 1 aliphatic rings. The Hall–Kier alpha value is -0.380. The molecule has 1 unspecified atom stereocenters. The topological polar surface area (TPSA) is 32.3 Å². The minimum Gasteiger partial charge on any atom is -0.389 e. The van der Waals surface area contributed by atoms with Crippen molar-refractivity contribution in [2.45, 2.75) is 57.6 Å². The van der Waals surface area contributed by atoms with E-state index in [1.807, 2.05) is 6.07 Å². The highest BCUT2D eigenvalue weighted by molar-refractivity contribution is 9.10. The molecular formula is C17H26BrNO. The molecule has 0 bridgehead atoms. The van der Waals surface area contributed by atoms with E-state index in [-0.39, 0.29) is 6.04 Å². The normalized spacial score (nSPS) is 28.3. The van der Waals surface area contributed by atoms with Gasteiger partial charge in [-0.1, -0.05) is 41.4 Å². The minimum absolute atomic E-state index is 0.264. The highest BCUT2D eigenvalue weighted by Crippen LogP contribution is 2.33. The Balaban J connectivity index is 1.85. The summed E-state index contributed by atoms with van der Waals surface area (Å²) in [5.74, 6) is 0.817. The summed E-state index contributed by atoms with van der Waals surface area (Å²) in [4.78, 5) is 0. The molecule has 0 radical (unpaired) electrons. The smallest absolute Gasteiger partial charge is 0.0772 e. The average Bonchev–Trinajstić information content (AvgIpc) is 2.46. The van der Waals surface area contributed by atoms with Crippen LogP contribution in [0, 0.1) is 5.92 Å². The third-order valence-corrected chi connectivity index (χ3v) is 5.19. The van der Waals surface area contributed by atoms with Crippen molar-refractivity contribution < 1.29 is 5.11 Å². The second kappa shape index (κ2) is 7.06. The third kappa shape index (κ3) is 4.31. The van der Waals surface area contributed by atoms with Crippen molar-refractivity contribution in [3.63, 3.8) is 0 Å². The summed E-state index contributed by atoms with van der Waals surface area (Å²) in [6.45, 7) is 5.10. The lowest BCUT2D eigenvalue weighted by atomic mass is 9.77. The van der Waals surface area contributed by atoms with Crippen molar-refractivity contribution in [2.75, 3.05) is 6.54 Å². The number of aliphatic hydroxyl groups is 1. The van der Waals surface area contributed by atoms with Crippen LogP contribution in [0.1, 0.15) is 57.6 Å². The molecular weight excluding hydrogens is 314 g/mol. The third-order valence-electron chi connectivity index (χ3n) is 4.70. The molecule has 2 N–H and O–H groups in total. The average molecular weight is 340 g/mol. The fourth-order valence-electron chi connectivity index (χ4n) is 3.04. The summed E-state index contributed by atoms with van der Waals surface area (Å²) >= 11 is 3.51. The molecule has 0 aliphatic heterocycles. The van der Waals surface area contributed by atoms with Crippen molar-refractivity contribution in [1.82, 2.24) is 5.32 Å². The summed E-state index contributed by atoms with van der Waals surface area (Å²) in [7, 11) is 0. The number of hydrogen-bond acceptors (Lipinski definition) is 2. The molecule has 0 spiro atoms. The minimum atomic E-state index is -0.508. The fraction of sp³-hybridized carbons (Fsp3) is 0.647. The van der Waals surface area contributed by atoms with Gasteiger partial charge >= 0.3 is 0 Å². The molecule has 20 heavy (non-hydrogen) atoms. The zero-order chi connectivity index (χ0) is 14.6. The van der Waals surface area contributed by atoms with Gasteiger partial charge in [0.1, 0.15) is 0 Å². The Morgan fingerprint density at radius 1 is 1.40 bits per heavy atom. The van der Waals surface area contributed by atoms with Gasteiger partial charge in [0.15, 0.2) is 0 Å². The summed E-state index contributed by atoms with van der Waals surface area (Å²) in [5, 5.41) is 14.2. The lowest BCUT2D eigenvalue weighted by Crippen LogP contribution is -2.44. The van der Waals surface area contributed by atoms with E-state index in [0.29, 0.717) is 6.54 Å². The van der Waals surface area contributed by atoms with E-state index < -0.39 is 5.60 Å². The Morgan fingerprint density at radius 3 is 2.70 bits per heavy atom. The Kier molecular flexibility index (Phi) is 5.65. The quantitative estimate of drug-likeness (QED) is 0.831. The summed E-state index contributed by atoms with van der Waals surface area (Å²) in [5.41, 5.74) is 0.747. The lowest BCUT2D eigenvalue weighted by molar-refractivity contribution is -0.0103. The van der Waals surface area contributed by atoms with Gasteiger partial charge in [-0.15, -0.1) is 0 Å². The maximum atomic E-state index is 10.7. The van der Waals surface area contributed by atoms with E-state index in [2.05, 4.69) is 53.3 Å². The molecule has 1 fully saturated rings. The van der Waals surface area contributed by atoms with Crippen LogP contribution in [0.3, 0.4) is 0 Å². The van der Waals surface area contributed by atoms with Gasteiger partial charge in [-0.05, 0) is 56.2 Å². The van der Waals surface area contributed by atoms with Crippen LogP contribution >= 0.6 is 15.9 Å². The van der Waals surface area contributed by atoms with E-state index in [0.717, 1.165) is 23.2 Å². The van der Waals surface area contributed by atoms with E-state index in [1.165, 1.54) is 24.8 Å². The molecule has 1 atom stereocenters. The SMILES string of the molecule is CCC1CCC(O)(CNC(C)c2cccc(Br)c2)CC1.